The summed E-state index contributed by atoms with van der Waals surface area (Å²) in [6.45, 7) is 7.82. The largest absolute Gasteiger partial charge is 0.298 e. The Morgan fingerprint density at radius 2 is 1.85 bits per heavy atom. The first kappa shape index (κ1) is 22.9. The molecular formula is C26H35N7O. The molecule has 1 N–H and O–H groups in total. The van der Waals surface area contributed by atoms with Crippen LogP contribution >= 0.6 is 0 Å². The third-order valence-electron chi connectivity index (χ3n) is 7.27. The van der Waals surface area contributed by atoms with Crippen LogP contribution in [-0.4, -0.2) is 68.2 Å². The normalized spacial score (nSPS) is 18.4. The SMILES string of the molecule is CC1CCN(CC(=O)Nc2ncc3ccc(-c4cnn(C)c4CN4CCCCC4)cc3n2)CC1. The van der Waals surface area contributed by atoms with Crippen molar-refractivity contribution < 1.29 is 4.79 Å². The minimum atomic E-state index is -0.0545. The van der Waals surface area contributed by atoms with Crippen molar-refractivity contribution in [3.8, 4) is 11.1 Å². The average Bonchev–Trinajstić information content (AvgIpc) is 3.20. The number of hydrogen-bond acceptors (Lipinski definition) is 6. The highest BCUT2D eigenvalue weighted by molar-refractivity contribution is 5.92. The lowest BCUT2D eigenvalue weighted by Crippen LogP contribution is -2.38. The van der Waals surface area contributed by atoms with Crippen LogP contribution in [0.2, 0.25) is 0 Å². The Morgan fingerprint density at radius 1 is 1.06 bits per heavy atom. The molecule has 2 aliphatic heterocycles. The van der Waals surface area contributed by atoms with E-state index in [1.54, 1.807) is 6.20 Å². The van der Waals surface area contributed by atoms with Gasteiger partial charge in [0.25, 0.3) is 0 Å². The fourth-order valence-electron chi connectivity index (χ4n) is 5.06. The number of anilines is 1. The number of aromatic nitrogens is 4. The molecule has 3 aromatic rings. The van der Waals surface area contributed by atoms with Crippen LogP contribution in [0.3, 0.4) is 0 Å². The van der Waals surface area contributed by atoms with Gasteiger partial charge >= 0.3 is 0 Å². The topological polar surface area (TPSA) is 79.2 Å². The van der Waals surface area contributed by atoms with E-state index < -0.39 is 0 Å². The van der Waals surface area contributed by atoms with Crippen LogP contribution in [0.25, 0.3) is 22.0 Å². The second-order valence-electron chi connectivity index (χ2n) is 9.94. The van der Waals surface area contributed by atoms with Gasteiger partial charge in [0.1, 0.15) is 0 Å². The van der Waals surface area contributed by atoms with Gasteiger partial charge in [-0.25, -0.2) is 9.97 Å². The number of carbonyl (C=O) groups is 1. The quantitative estimate of drug-likeness (QED) is 0.603. The highest BCUT2D eigenvalue weighted by atomic mass is 16.2. The van der Waals surface area contributed by atoms with E-state index in [4.69, 9.17) is 0 Å². The number of nitrogens with zero attached hydrogens (tertiary/aromatic N) is 6. The van der Waals surface area contributed by atoms with E-state index in [1.165, 1.54) is 25.0 Å². The number of nitrogens with one attached hydrogen (secondary N) is 1. The fourth-order valence-corrected chi connectivity index (χ4v) is 5.06. The Kier molecular flexibility index (Phi) is 6.87. The van der Waals surface area contributed by atoms with E-state index in [0.717, 1.165) is 73.5 Å². The summed E-state index contributed by atoms with van der Waals surface area (Å²) in [6.07, 6.45) is 9.89. The maximum Gasteiger partial charge on any atom is 0.240 e. The zero-order valence-electron chi connectivity index (χ0n) is 20.3. The summed E-state index contributed by atoms with van der Waals surface area (Å²) in [5, 5.41) is 8.40. The molecule has 0 atom stereocenters. The maximum atomic E-state index is 12.6. The van der Waals surface area contributed by atoms with Gasteiger partial charge in [0.2, 0.25) is 11.9 Å². The minimum Gasteiger partial charge on any atom is -0.298 e. The number of aryl methyl sites for hydroxylation is 1. The van der Waals surface area contributed by atoms with Crippen molar-refractivity contribution in [2.45, 2.75) is 45.6 Å². The van der Waals surface area contributed by atoms with Crippen LogP contribution in [0.4, 0.5) is 5.95 Å². The molecule has 0 saturated carbocycles. The lowest BCUT2D eigenvalue weighted by molar-refractivity contribution is -0.117. The summed E-state index contributed by atoms with van der Waals surface area (Å²) in [5.41, 5.74) is 4.27. The Balaban J connectivity index is 1.32. The van der Waals surface area contributed by atoms with Crippen molar-refractivity contribution >= 4 is 22.8 Å². The first-order valence-electron chi connectivity index (χ1n) is 12.6. The molecule has 1 amide bonds. The van der Waals surface area contributed by atoms with Crippen molar-refractivity contribution in [2.75, 3.05) is 38.0 Å². The number of rotatable bonds is 6. The van der Waals surface area contributed by atoms with Crippen molar-refractivity contribution in [1.82, 2.24) is 29.5 Å². The smallest absolute Gasteiger partial charge is 0.240 e. The molecule has 0 spiro atoms. The van der Waals surface area contributed by atoms with Gasteiger partial charge in [-0.05, 0) is 69.4 Å². The first-order valence-corrected chi connectivity index (χ1v) is 12.6. The molecule has 8 heteroatoms. The van der Waals surface area contributed by atoms with Crippen LogP contribution in [0.1, 0.15) is 44.7 Å². The molecule has 0 bridgehead atoms. The molecule has 2 saturated heterocycles. The molecule has 8 nitrogen and oxygen atoms in total. The Hall–Kier alpha value is -2.84. The molecule has 2 aliphatic rings. The summed E-state index contributed by atoms with van der Waals surface area (Å²) >= 11 is 0. The van der Waals surface area contributed by atoms with Crippen LogP contribution in [0.15, 0.2) is 30.6 Å². The van der Waals surface area contributed by atoms with Crippen LogP contribution in [-0.2, 0) is 18.4 Å². The first-order chi connectivity index (χ1) is 16.5. The van der Waals surface area contributed by atoms with E-state index in [9.17, 15) is 4.79 Å². The number of piperidine rings is 2. The van der Waals surface area contributed by atoms with Crippen LogP contribution < -0.4 is 5.32 Å². The molecule has 5 rings (SSSR count). The predicted octanol–water partition coefficient (Wildman–Crippen LogP) is 3.69. The minimum absolute atomic E-state index is 0.0545. The zero-order valence-corrected chi connectivity index (χ0v) is 20.3. The van der Waals surface area contributed by atoms with Gasteiger partial charge in [0.15, 0.2) is 0 Å². The van der Waals surface area contributed by atoms with Gasteiger partial charge in [0, 0.05) is 30.7 Å². The molecule has 2 fully saturated rings. The van der Waals surface area contributed by atoms with Gasteiger partial charge in [-0.2, -0.15) is 5.10 Å². The van der Waals surface area contributed by atoms with Crippen LogP contribution in [0.5, 0.6) is 0 Å². The maximum absolute atomic E-state index is 12.6. The number of hydrogen-bond donors (Lipinski definition) is 1. The molecule has 180 valence electrons. The Bertz CT molecular complexity index is 1140. The molecular weight excluding hydrogens is 426 g/mol. The van der Waals surface area contributed by atoms with Gasteiger partial charge in [-0.3, -0.25) is 24.6 Å². The average molecular weight is 462 g/mol. The van der Waals surface area contributed by atoms with Crippen molar-refractivity contribution in [2.24, 2.45) is 13.0 Å². The van der Waals surface area contributed by atoms with E-state index in [2.05, 4.69) is 49.2 Å². The van der Waals surface area contributed by atoms with Gasteiger partial charge in [-0.15, -0.1) is 0 Å². The summed E-state index contributed by atoms with van der Waals surface area (Å²) in [4.78, 5) is 26.3. The number of benzene rings is 1. The van der Waals surface area contributed by atoms with Crippen molar-refractivity contribution in [1.29, 1.82) is 0 Å². The highest BCUT2D eigenvalue weighted by Gasteiger charge is 2.19. The second-order valence-corrected chi connectivity index (χ2v) is 9.94. The summed E-state index contributed by atoms with van der Waals surface area (Å²) in [7, 11) is 2.02. The number of carbonyl (C=O) groups excluding carboxylic acids is 1. The molecule has 4 heterocycles. The predicted molar refractivity (Wildman–Crippen MR) is 134 cm³/mol. The third-order valence-corrected chi connectivity index (χ3v) is 7.27. The summed E-state index contributed by atoms with van der Waals surface area (Å²) in [6, 6.07) is 6.23. The van der Waals surface area contributed by atoms with E-state index in [-0.39, 0.29) is 5.91 Å². The lowest BCUT2D eigenvalue weighted by Gasteiger charge is -2.29. The monoisotopic (exact) mass is 461 g/mol. The number of amides is 1. The standard InChI is InChI=1S/C26H35N7O/c1-19-8-12-33(13-9-19)18-25(34)30-26-27-15-21-7-6-20(14-23(21)29-26)22-16-28-31(2)24(22)17-32-10-4-3-5-11-32/h6-7,14-16,19H,3-5,8-13,17-18H2,1-2H3,(H,27,29,30,34). The molecule has 0 unspecified atom stereocenters. The van der Waals surface area contributed by atoms with Crippen LogP contribution in [0, 0.1) is 5.92 Å². The highest BCUT2D eigenvalue weighted by Crippen LogP contribution is 2.28. The van der Waals surface area contributed by atoms with Crippen molar-refractivity contribution in [3.05, 3.63) is 36.3 Å². The molecule has 0 aliphatic carbocycles. The molecule has 34 heavy (non-hydrogen) atoms. The van der Waals surface area contributed by atoms with Crippen molar-refractivity contribution in [3.63, 3.8) is 0 Å². The number of fused-ring (bicyclic) bond motifs is 1. The zero-order chi connectivity index (χ0) is 23.5. The van der Waals surface area contributed by atoms with Gasteiger partial charge in [-0.1, -0.05) is 25.5 Å². The summed E-state index contributed by atoms with van der Waals surface area (Å²) in [5.74, 6) is 1.05. The van der Waals surface area contributed by atoms with E-state index in [0.29, 0.717) is 12.5 Å². The third kappa shape index (κ3) is 5.28. The Morgan fingerprint density at radius 3 is 2.65 bits per heavy atom. The lowest BCUT2D eigenvalue weighted by atomic mass is 9.99. The Labute approximate surface area is 201 Å². The van der Waals surface area contributed by atoms with Gasteiger partial charge in [0.05, 0.1) is 24.0 Å². The van der Waals surface area contributed by atoms with Gasteiger partial charge < -0.3 is 0 Å². The van der Waals surface area contributed by atoms with E-state index in [1.807, 2.05) is 24.0 Å². The molecule has 2 aromatic heterocycles. The fraction of sp³-hybridized carbons (Fsp3) is 0.538. The second kappa shape index (κ2) is 10.2. The number of likely N-dealkylation sites (tertiary alicyclic amines) is 2. The molecule has 1 aromatic carbocycles. The molecule has 0 radical (unpaired) electrons. The van der Waals surface area contributed by atoms with E-state index >= 15 is 0 Å². The summed E-state index contributed by atoms with van der Waals surface area (Å²) < 4.78 is 1.99.